The summed E-state index contributed by atoms with van der Waals surface area (Å²) in [5.41, 5.74) is 6.11. The number of hydrogen-bond donors (Lipinski definition) is 2. The Hall–Kier alpha value is -4.45. The fraction of sp³-hybridized carbons (Fsp3) is 0.256. The van der Waals surface area contributed by atoms with Gasteiger partial charge in [-0.05, 0) is 51.9 Å². The Kier molecular flexibility index (Phi) is 9.66. The normalized spacial score (nSPS) is 15.7. The maximum Gasteiger partial charge on any atom is 0.318 e. The number of benzene rings is 5. The van der Waals surface area contributed by atoms with Crippen LogP contribution in [0.15, 0.2) is 127 Å². The van der Waals surface area contributed by atoms with E-state index in [2.05, 4.69) is 149 Å². The van der Waals surface area contributed by atoms with Gasteiger partial charge in [-0.1, -0.05) is 127 Å². The molecule has 1 aliphatic rings. The van der Waals surface area contributed by atoms with Crippen molar-refractivity contribution in [3.05, 3.63) is 155 Å². The lowest BCUT2D eigenvalue weighted by Gasteiger charge is -2.31. The van der Waals surface area contributed by atoms with Crippen LogP contribution >= 0.6 is 0 Å². The summed E-state index contributed by atoms with van der Waals surface area (Å²) in [5, 5.41) is 9.27. The molecule has 0 saturated carbocycles. The van der Waals surface area contributed by atoms with Gasteiger partial charge in [0, 0.05) is 45.3 Å². The zero-order valence-corrected chi connectivity index (χ0v) is 25.5. The number of nitrogens with one attached hydrogen (secondary N) is 2. The van der Waals surface area contributed by atoms with Crippen LogP contribution in [0.4, 0.5) is 4.79 Å². The minimum atomic E-state index is -0.115. The third-order valence-corrected chi connectivity index (χ3v) is 8.70. The first-order valence-electron chi connectivity index (χ1n) is 15.8. The maximum absolute atomic E-state index is 14.0. The molecule has 5 heteroatoms. The summed E-state index contributed by atoms with van der Waals surface area (Å²) in [7, 11) is 0. The van der Waals surface area contributed by atoms with Gasteiger partial charge in [-0.25, -0.2) is 4.79 Å². The average molecular weight is 583 g/mol. The molecule has 6 rings (SSSR count). The summed E-state index contributed by atoms with van der Waals surface area (Å²) < 4.78 is 0. The van der Waals surface area contributed by atoms with E-state index >= 15 is 0 Å². The summed E-state index contributed by atoms with van der Waals surface area (Å²) >= 11 is 0. The SMILES string of the molecule is CC(NC(=O)N(Cc1ccc(CNCc2ccccc2)cc1)C1CCN(Cc2ccccc2)C1)c1cccc2ccccc12. The van der Waals surface area contributed by atoms with Gasteiger partial charge in [0.15, 0.2) is 0 Å². The predicted molar refractivity (Wildman–Crippen MR) is 180 cm³/mol. The molecule has 0 radical (unpaired) electrons. The van der Waals surface area contributed by atoms with Crippen molar-refractivity contribution in [1.82, 2.24) is 20.4 Å². The van der Waals surface area contributed by atoms with E-state index in [0.29, 0.717) is 6.54 Å². The van der Waals surface area contributed by atoms with Crippen LogP contribution in [0.5, 0.6) is 0 Å². The van der Waals surface area contributed by atoms with Crippen molar-refractivity contribution in [1.29, 1.82) is 0 Å². The fourth-order valence-corrected chi connectivity index (χ4v) is 6.30. The molecule has 0 bridgehead atoms. The second-order valence-electron chi connectivity index (χ2n) is 11.9. The molecule has 5 aromatic rings. The zero-order valence-electron chi connectivity index (χ0n) is 25.5. The highest BCUT2D eigenvalue weighted by atomic mass is 16.2. The number of hydrogen-bond acceptors (Lipinski definition) is 3. The number of carbonyl (C=O) groups excluding carboxylic acids is 1. The summed E-state index contributed by atoms with van der Waals surface area (Å²) in [6, 6.07) is 44.5. The quantitative estimate of drug-likeness (QED) is 0.168. The van der Waals surface area contributed by atoms with Crippen molar-refractivity contribution in [2.75, 3.05) is 13.1 Å². The monoisotopic (exact) mass is 582 g/mol. The minimum absolute atomic E-state index is 0.00870. The molecule has 0 spiro atoms. The van der Waals surface area contributed by atoms with Gasteiger partial charge in [0.05, 0.1) is 6.04 Å². The van der Waals surface area contributed by atoms with Crippen molar-refractivity contribution >= 4 is 16.8 Å². The summed E-state index contributed by atoms with van der Waals surface area (Å²) in [6.45, 7) is 7.07. The van der Waals surface area contributed by atoms with Crippen LogP contribution in [0.2, 0.25) is 0 Å². The zero-order chi connectivity index (χ0) is 30.1. The summed E-state index contributed by atoms with van der Waals surface area (Å²) in [6.07, 6.45) is 0.963. The molecular formula is C39H42N4O. The number of nitrogens with zero attached hydrogens (tertiary/aromatic N) is 2. The highest BCUT2D eigenvalue weighted by molar-refractivity contribution is 5.86. The third kappa shape index (κ3) is 7.54. The Labute approximate surface area is 261 Å². The molecule has 1 saturated heterocycles. The van der Waals surface area contributed by atoms with E-state index < -0.39 is 0 Å². The maximum atomic E-state index is 14.0. The topological polar surface area (TPSA) is 47.6 Å². The largest absolute Gasteiger partial charge is 0.331 e. The molecule has 2 N–H and O–H groups in total. The van der Waals surface area contributed by atoms with Crippen molar-refractivity contribution < 1.29 is 4.79 Å². The van der Waals surface area contributed by atoms with Gasteiger partial charge in [0.25, 0.3) is 0 Å². The number of fused-ring (bicyclic) bond motifs is 1. The molecule has 2 unspecified atom stereocenters. The van der Waals surface area contributed by atoms with E-state index in [0.717, 1.165) is 50.3 Å². The van der Waals surface area contributed by atoms with Gasteiger partial charge in [-0.3, -0.25) is 4.90 Å². The van der Waals surface area contributed by atoms with E-state index in [-0.39, 0.29) is 18.1 Å². The predicted octanol–water partition coefficient (Wildman–Crippen LogP) is 7.68. The van der Waals surface area contributed by atoms with Crippen molar-refractivity contribution in [3.8, 4) is 0 Å². The van der Waals surface area contributed by atoms with Crippen LogP contribution < -0.4 is 10.6 Å². The molecule has 1 aliphatic heterocycles. The lowest BCUT2D eigenvalue weighted by Crippen LogP contribution is -2.47. The second-order valence-corrected chi connectivity index (χ2v) is 11.9. The highest BCUT2D eigenvalue weighted by Crippen LogP contribution is 2.26. The molecule has 224 valence electrons. The van der Waals surface area contributed by atoms with E-state index in [1.165, 1.54) is 27.5 Å². The van der Waals surface area contributed by atoms with Crippen LogP contribution in [0.1, 0.15) is 47.2 Å². The first kappa shape index (κ1) is 29.6. The van der Waals surface area contributed by atoms with Crippen LogP contribution in [0.25, 0.3) is 10.8 Å². The Balaban J connectivity index is 1.15. The molecule has 0 aliphatic carbocycles. The number of amides is 2. The summed E-state index contributed by atoms with van der Waals surface area (Å²) in [5.74, 6) is 0. The number of rotatable bonds is 11. The van der Waals surface area contributed by atoms with Crippen molar-refractivity contribution in [2.24, 2.45) is 0 Å². The molecule has 2 atom stereocenters. The Morgan fingerprint density at radius 2 is 1.36 bits per heavy atom. The first-order chi connectivity index (χ1) is 21.6. The second kappa shape index (κ2) is 14.3. The molecule has 0 aromatic heterocycles. The third-order valence-electron chi connectivity index (χ3n) is 8.70. The molecule has 2 amide bonds. The fourth-order valence-electron chi connectivity index (χ4n) is 6.30. The van der Waals surface area contributed by atoms with Gasteiger partial charge in [0.1, 0.15) is 0 Å². The van der Waals surface area contributed by atoms with Gasteiger partial charge in [-0.15, -0.1) is 0 Å². The molecule has 5 aromatic carbocycles. The Morgan fingerprint density at radius 3 is 2.11 bits per heavy atom. The van der Waals surface area contributed by atoms with Gasteiger partial charge < -0.3 is 15.5 Å². The van der Waals surface area contributed by atoms with Crippen LogP contribution in [-0.2, 0) is 26.2 Å². The number of urea groups is 1. The van der Waals surface area contributed by atoms with E-state index in [1.54, 1.807) is 0 Å². The summed E-state index contributed by atoms with van der Waals surface area (Å²) in [4.78, 5) is 18.6. The number of likely N-dealkylation sites (tertiary alicyclic amines) is 1. The molecule has 1 heterocycles. The molecule has 44 heavy (non-hydrogen) atoms. The van der Waals surface area contributed by atoms with E-state index in [9.17, 15) is 4.79 Å². The van der Waals surface area contributed by atoms with Gasteiger partial charge in [0.2, 0.25) is 0 Å². The highest BCUT2D eigenvalue weighted by Gasteiger charge is 2.31. The van der Waals surface area contributed by atoms with E-state index in [1.807, 2.05) is 6.07 Å². The lowest BCUT2D eigenvalue weighted by atomic mass is 10.00. The molecular weight excluding hydrogens is 540 g/mol. The molecule has 5 nitrogen and oxygen atoms in total. The first-order valence-corrected chi connectivity index (χ1v) is 15.8. The Morgan fingerprint density at radius 1 is 0.750 bits per heavy atom. The van der Waals surface area contributed by atoms with Gasteiger partial charge >= 0.3 is 6.03 Å². The van der Waals surface area contributed by atoms with Crippen LogP contribution in [0.3, 0.4) is 0 Å². The van der Waals surface area contributed by atoms with Crippen molar-refractivity contribution in [2.45, 2.75) is 51.6 Å². The van der Waals surface area contributed by atoms with Crippen molar-refractivity contribution in [3.63, 3.8) is 0 Å². The standard InChI is InChI=1S/C39H42N4O/c1-30(37-18-10-16-35-15-8-9-17-38(35)37)41-39(44)43(36-23-24-42(29-36)27-33-13-6-3-7-14-33)28-34-21-19-32(20-22-34)26-40-25-31-11-4-2-5-12-31/h2-22,30,36,40H,23-29H2,1H3,(H,41,44). The average Bonchev–Trinajstić information content (AvgIpc) is 3.52. The Bertz CT molecular complexity index is 1630. The van der Waals surface area contributed by atoms with Crippen LogP contribution in [-0.4, -0.2) is 35.0 Å². The smallest absolute Gasteiger partial charge is 0.318 e. The van der Waals surface area contributed by atoms with Crippen LogP contribution in [0, 0.1) is 0 Å². The van der Waals surface area contributed by atoms with E-state index in [4.69, 9.17) is 0 Å². The van der Waals surface area contributed by atoms with Gasteiger partial charge in [-0.2, -0.15) is 0 Å². The number of carbonyl (C=O) groups is 1. The minimum Gasteiger partial charge on any atom is -0.331 e. The molecule has 1 fully saturated rings. The lowest BCUT2D eigenvalue weighted by molar-refractivity contribution is 0.166.